The van der Waals surface area contributed by atoms with Crippen molar-refractivity contribution in [2.75, 3.05) is 50.8 Å². The fraction of sp³-hybridized carbons (Fsp3) is 0.522. The Labute approximate surface area is 192 Å². The van der Waals surface area contributed by atoms with Gasteiger partial charge in [0.1, 0.15) is 40.5 Å². The third-order valence-electron chi connectivity index (χ3n) is 6.38. The lowest BCUT2D eigenvalue weighted by atomic mass is 10.0. The van der Waals surface area contributed by atoms with Gasteiger partial charge in [-0.15, -0.1) is 0 Å². The summed E-state index contributed by atoms with van der Waals surface area (Å²) in [7, 11) is 0. The van der Waals surface area contributed by atoms with Crippen molar-refractivity contribution in [1.82, 2.24) is 15.2 Å². The zero-order valence-corrected chi connectivity index (χ0v) is 19.1. The molecule has 2 saturated heterocycles. The lowest BCUT2D eigenvalue weighted by Gasteiger charge is -2.40. The summed E-state index contributed by atoms with van der Waals surface area (Å²) in [6, 6.07) is 4.40. The van der Waals surface area contributed by atoms with E-state index in [-0.39, 0.29) is 33.7 Å². The Balaban J connectivity index is 1.69. The number of aromatic nitrogens is 1. The first-order chi connectivity index (χ1) is 15.3. The second-order valence-corrected chi connectivity index (χ2v) is 9.59. The van der Waals surface area contributed by atoms with E-state index in [0.29, 0.717) is 44.4 Å². The predicted molar refractivity (Wildman–Crippen MR) is 121 cm³/mol. The van der Waals surface area contributed by atoms with Crippen LogP contribution in [-0.4, -0.2) is 72.6 Å². The van der Waals surface area contributed by atoms with Gasteiger partial charge in [0.15, 0.2) is 0 Å². The van der Waals surface area contributed by atoms with E-state index in [1.54, 1.807) is 0 Å². The molecule has 172 valence electrons. The van der Waals surface area contributed by atoms with Crippen molar-refractivity contribution >= 4 is 17.4 Å². The van der Waals surface area contributed by atoms with Crippen LogP contribution in [-0.2, 0) is 11.3 Å². The van der Waals surface area contributed by atoms with Gasteiger partial charge < -0.3 is 24.8 Å². The molecule has 32 heavy (non-hydrogen) atoms. The largest absolute Gasteiger partial charge is 0.507 e. The minimum atomic E-state index is -0.581. The maximum Gasteiger partial charge on any atom is 0.148 e. The van der Waals surface area contributed by atoms with Crippen LogP contribution >= 0.6 is 11.6 Å². The molecule has 0 unspecified atom stereocenters. The van der Waals surface area contributed by atoms with E-state index >= 15 is 0 Å². The van der Waals surface area contributed by atoms with E-state index in [0.717, 1.165) is 25.2 Å². The number of nitrogens with one attached hydrogen (secondary N) is 1. The van der Waals surface area contributed by atoms with Gasteiger partial charge in [0.05, 0.1) is 29.4 Å². The highest BCUT2D eigenvalue weighted by Crippen LogP contribution is 2.46. The molecular weight excluding hydrogens is 435 g/mol. The normalized spacial score (nSPS) is 23.1. The quantitative estimate of drug-likeness (QED) is 0.710. The van der Waals surface area contributed by atoms with Gasteiger partial charge in [-0.2, -0.15) is 0 Å². The molecule has 1 aromatic heterocycles. The summed E-state index contributed by atoms with van der Waals surface area (Å²) in [6.07, 6.45) is 0. The van der Waals surface area contributed by atoms with Crippen LogP contribution in [0.3, 0.4) is 0 Å². The van der Waals surface area contributed by atoms with Crippen molar-refractivity contribution in [3.63, 3.8) is 0 Å². The maximum atomic E-state index is 14.8. The van der Waals surface area contributed by atoms with Gasteiger partial charge in [0.2, 0.25) is 0 Å². The number of phenolic OH excluding ortho intramolecular Hbond substituents is 1. The molecule has 1 aromatic carbocycles. The number of piperazine rings is 1. The van der Waals surface area contributed by atoms with Crippen LogP contribution in [0.25, 0.3) is 11.3 Å². The molecule has 0 aliphatic carbocycles. The Bertz CT molecular complexity index is 1010. The van der Waals surface area contributed by atoms with Crippen molar-refractivity contribution in [2.45, 2.75) is 32.0 Å². The summed E-state index contributed by atoms with van der Waals surface area (Å²) in [5, 5.41) is 14.1. The average molecular weight is 463 g/mol. The number of anilines is 1. The number of rotatable bonds is 2. The van der Waals surface area contributed by atoms with Gasteiger partial charge in [-0.3, -0.25) is 4.90 Å². The predicted octanol–water partition coefficient (Wildman–Crippen LogP) is 3.03. The number of fused-ring (bicyclic) bond motifs is 2. The van der Waals surface area contributed by atoms with E-state index in [1.807, 2.05) is 13.8 Å². The molecule has 2 N–H and O–H groups in total. The van der Waals surface area contributed by atoms with E-state index in [1.165, 1.54) is 18.2 Å². The molecule has 7 nitrogen and oxygen atoms in total. The lowest BCUT2D eigenvalue weighted by molar-refractivity contribution is -0.0279. The molecule has 4 heterocycles. The van der Waals surface area contributed by atoms with E-state index in [2.05, 4.69) is 15.1 Å². The van der Waals surface area contributed by atoms with Gasteiger partial charge >= 0.3 is 0 Å². The van der Waals surface area contributed by atoms with Crippen molar-refractivity contribution < 1.29 is 19.0 Å². The lowest BCUT2D eigenvalue weighted by Crippen LogP contribution is -2.52. The smallest absolute Gasteiger partial charge is 0.148 e. The van der Waals surface area contributed by atoms with Crippen LogP contribution in [0.2, 0.25) is 5.02 Å². The van der Waals surface area contributed by atoms with E-state index in [9.17, 15) is 9.50 Å². The van der Waals surface area contributed by atoms with Crippen molar-refractivity contribution in [2.24, 2.45) is 0 Å². The number of benzene rings is 1. The number of halogens is 2. The highest BCUT2D eigenvalue weighted by atomic mass is 35.5. The molecule has 0 amide bonds. The molecular formula is C23H28ClFN4O3. The van der Waals surface area contributed by atoms with Gasteiger partial charge in [-0.1, -0.05) is 17.7 Å². The second kappa shape index (κ2) is 8.33. The first kappa shape index (κ1) is 21.7. The molecule has 0 saturated carbocycles. The summed E-state index contributed by atoms with van der Waals surface area (Å²) < 4.78 is 27.0. The number of hydrogen-bond acceptors (Lipinski definition) is 7. The highest BCUT2D eigenvalue weighted by molar-refractivity contribution is 6.35. The Kier molecular flexibility index (Phi) is 5.65. The maximum absolute atomic E-state index is 14.8. The Morgan fingerprint density at radius 1 is 1.31 bits per heavy atom. The second-order valence-electron chi connectivity index (χ2n) is 9.21. The summed E-state index contributed by atoms with van der Waals surface area (Å²) in [5.41, 5.74) is 0.729. The zero-order valence-electron chi connectivity index (χ0n) is 18.3. The summed E-state index contributed by atoms with van der Waals surface area (Å²) in [6.45, 7) is 9.68. The third kappa shape index (κ3) is 3.90. The van der Waals surface area contributed by atoms with Crippen molar-refractivity contribution in [3.8, 4) is 22.8 Å². The number of nitrogens with zero attached hydrogens (tertiary/aromatic N) is 3. The number of phenols is 1. The minimum Gasteiger partial charge on any atom is -0.507 e. The monoisotopic (exact) mass is 462 g/mol. The number of morpholine rings is 1. The fourth-order valence-corrected chi connectivity index (χ4v) is 5.09. The number of pyridine rings is 1. The molecule has 3 aliphatic heterocycles. The minimum absolute atomic E-state index is 0.0127. The summed E-state index contributed by atoms with van der Waals surface area (Å²) in [5.74, 6) is 0.441. The molecule has 5 rings (SSSR count). The summed E-state index contributed by atoms with van der Waals surface area (Å²) >= 11 is 6.80. The van der Waals surface area contributed by atoms with Crippen LogP contribution < -0.4 is 15.0 Å². The molecule has 1 atom stereocenters. The topological polar surface area (TPSA) is 70.1 Å². The molecule has 0 spiro atoms. The molecule has 0 radical (unpaired) electrons. The van der Waals surface area contributed by atoms with Gasteiger partial charge in [-0.25, -0.2) is 9.37 Å². The number of hydrogen-bond donors (Lipinski definition) is 2. The van der Waals surface area contributed by atoms with Crippen LogP contribution in [0.4, 0.5) is 10.2 Å². The summed E-state index contributed by atoms with van der Waals surface area (Å²) in [4.78, 5) is 9.41. The third-order valence-corrected chi connectivity index (χ3v) is 6.73. The van der Waals surface area contributed by atoms with Gasteiger partial charge in [0, 0.05) is 39.3 Å². The van der Waals surface area contributed by atoms with Crippen molar-refractivity contribution in [1.29, 1.82) is 0 Å². The number of aromatic hydroxyl groups is 1. The van der Waals surface area contributed by atoms with Crippen LogP contribution in [0.15, 0.2) is 18.2 Å². The Morgan fingerprint density at radius 3 is 2.94 bits per heavy atom. The first-order valence-corrected chi connectivity index (χ1v) is 11.4. The average Bonchev–Trinajstić information content (AvgIpc) is 2.94. The van der Waals surface area contributed by atoms with Crippen LogP contribution in [0.5, 0.6) is 11.5 Å². The Morgan fingerprint density at radius 2 is 2.16 bits per heavy atom. The highest BCUT2D eigenvalue weighted by Gasteiger charge is 2.36. The molecule has 2 fully saturated rings. The Hall–Kier alpha value is -2.13. The van der Waals surface area contributed by atoms with Crippen molar-refractivity contribution in [3.05, 3.63) is 34.6 Å². The van der Waals surface area contributed by atoms with Gasteiger partial charge in [-0.05, 0) is 26.0 Å². The number of ether oxygens (including phenoxy) is 2. The van der Waals surface area contributed by atoms with Crippen LogP contribution in [0.1, 0.15) is 19.4 Å². The molecule has 3 aliphatic rings. The SMILES string of the molecule is CC1(C)CN(c2nc(-c3c(O)cccc3F)c(Cl)c3c2CN2CCNC[C@@H]2CO3)CCO1. The zero-order chi connectivity index (χ0) is 22.5. The van der Waals surface area contributed by atoms with Gasteiger partial charge in [0.25, 0.3) is 0 Å². The molecule has 2 aromatic rings. The molecule has 9 heteroatoms. The molecule has 0 bridgehead atoms. The van der Waals surface area contributed by atoms with E-state index in [4.69, 9.17) is 26.1 Å². The first-order valence-electron chi connectivity index (χ1n) is 11.0. The standard InChI is InChI=1S/C23H28ClFN4O3/c1-23(2)13-29(8-9-32-23)22-15-11-28-7-6-26-10-14(28)12-31-21(15)19(24)20(27-22)18-16(25)4-3-5-17(18)30/h3-5,14,26,30H,6-13H2,1-2H3/t14-/m1/s1. The fourth-order valence-electron chi connectivity index (χ4n) is 4.79. The van der Waals surface area contributed by atoms with E-state index < -0.39 is 5.82 Å². The van der Waals surface area contributed by atoms with Crippen LogP contribution in [0, 0.1) is 5.82 Å².